The third-order valence-corrected chi connectivity index (χ3v) is 12.0. The van der Waals surface area contributed by atoms with E-state index < -0.39 is 29.3 Å². The molecular formula is C40H38N2O7. The first-order valence-electron chi connectivity index (χ1n) is 17.0. The van der Waals surface area contributed by atoms with Crippen LogP contribution in [0.2, 0.25) is 0 Å². The Kier molecular flexibility index (Phi) is 6.75. The van der Waals surface area contributed by atoms with Crippen LogP contribution in [0.4, 0.5) is 4.79 Å². The van der Waals surface area contributed by atoms with E-state index in [1.54, 1.807) is 54.7 Å². The van der Waals surface area contributed by atoms with Crippen molar-refractivity contribution in [3.8, 4) is 22.6 Å². The van der Waals surface area contributed by atoms with Gasteiger partial charge in [-0.2, -0.15) is 0 Å². The van der Waals surface area contributed by atoms with E-state index >= 15 is 0 Å². The Hall–Kier alpha value is -5.02. The summed E-state index contributed by atoms with van der Waals surface area (Å²) in [5.41, 5.74) is 5.32. The lowest BCUT2D eigenvalue weighted by Crippen LogP contribution is -2.78. The Morgan fingerprint density at radius 3 is 2.51 bits per heavy atom. The van der Waals surface area contributed by atoms with E-state index in [0.29, 0.717) is 43.7 Å². The number of piperidine rings is 1. The van der Waals surface area contributed by atoms with Crippen LogP contribution in [-0.4, -0.2) is 78.0 Å². The summed E-state index contributed by atoms with van der Waals surface area (Å²) in [6.07, 6.45) is 7.32. The first-order chi connectivity index (χ1) is 23.9. The van der Waals surface area contributed by atoms with E-state index in [-0.39, 0.29) is 24.5 Å². The zero-order valence-electron chi connectivity index (χ0n) is 27.5. The molecule has 0 unspecified atom stereocenters. The fraction of sp³-hybridized carbons (Fsp3) is 0.350. The topological polar surface area (TPSA) is 102 Å². The summed E-state index contributed by atoms with van der Waals surface area (Å²) >= 11 is 0. The highest BCUT2D eigenvalue weighted by molar-refractivity contribution is 5.92. The summed E-state index contributed by atoms with van der Waals surface area (Å²) in [7, 11) is 3.41. The maximum absolute atomic E-state index is 14.1. The number of carbonyl (C=O) groups excluding carboxylic acids is 2. The van der Waals surface area contributed by atoms with Crippen molar-refractivity contribution in [1.29, 1.82) is 0 Å². The van der Waals surface area contributed by atoms with Crippen molar-refractivity contribution < 1.29 is 33.3 Å². The van der Waals surface area contributed by atoms with Gasteiger partial charge in [-0.1, -0.05) is 54.6 Å². The lowest BCUT2D eigenvalue weighted by atomic mass is 9.48. The van der Waals surface area contributed by atoms with Gasteiger partial charge >= 0.3 is 6.09 Å². The molecule has 9 rings (SSSR count). The molecule has 5 aliphatic rings. The van der Waals surface area contributed by atoms with Crippen molar-refractivity contribution in [1.82, 2.24) is 9.80 Å². The highest BCUT2D eigenvalue weighted by atomic mass is 16.6. The standard InChI is InChI=1S/C40H38N2O7/c1-41(34(43)14-11-24-16-20-47-22-24)31-15-17-40(45)33-21-25-12-13-32(46-2)36-35(25)39(40,37(31)49-36)18-19-42(33)38(44)48-23-30-28-9-5-3-7-26(28)27-8-4-6-10-29(27)30/h3-14,16,20,22,30-31,33,37,45H,15,17-19,21,23H2,1-2H3/b14-11+/t31-,33-,37+,39+,40-/m1/s1. The van der Waals surface area contributed by atoms with Gasteiger partial charge in [0.15, 0.2) is 11.5 Å². The molecule has 4 aromatic rings. The maximum atomic E-state index is 14.1. The molecule has 1 saturated carbocycles. The second-order valence-corrected chi connectivity index (χ2v) is 14.0. The molecular weight excluding hydrogens is 620 g/mol. The minimum atomic E-state index is -1.29. The van der Waals surface area contributed by atoms with Gasteiger partial charge in [0.25, 0.3) is 0 Å². The number of hydrogen-bond donors (Lipinski definition) is 1. The second kappa shape index (κ2) is 11.0. The molecule has 9 heteroatoms. The van der Waals surface area contributed by atoms with Gasteiger partial charge in [-0.3, -0.25) is 4.79 Å². The van der Waals surface area contributed by atoms with Gasteiger partial charge in [-0.15, -0.1) is 0 Å². The summed E-state index contributed by atoms with van der Waals surface area (Å²) in [6.45, 7) is 0.606. The van der Waals surface area contributed by atoms with E-state index in [1.807, 2.05) is 36.4 Å². The number of aliphatic hydroxyl groups is 1. The van der Waals surface area contributed by atoms with Crippen molar-refractivity contribution in [2.24, 2.45) is 0 Å². The molecule has 3 aromatic carbocycles. The Labute approximate surface area is 284 Å². The van der Waals surface area contributed by atoms with Gasteiger partial charge in [-0.05, 0) is 71.7 Å². The van der Waals surface area contributed by atoms with Crippen LogP contribution in [0.15, 0.2) is 89.7 Å². The molecule has 1 N–H and O–H groups in total. The normalized spacial score (nSPS) is 27.2. The molecule has 2 fully saturated rings. The quantitative estimate of drug-likeness (QED) is 0.256. The summed E-state index contributed by atoms with van der Waals surface area (Å²) in [6, 6.07) is 21.5. The van der Waals surface area contributed by atoms with Crippen LogP contribution < -0.4 is 9.47 Å². The van der Waals surface area contributed by atoms with Gasteiger partial charge in [0.2, 0.25) is 5.91 Å². The molecule has 49 heavy (non-hydrogen) atoms. The van der Waals surface area contributed by atoms with Crippen molar-refractivity contribution in [2.45, 2.75) is 60.8 Å². The molecule has 1 saturated heterocycles. The number of benzene rings is 3. The zero-order chi connectivity index (χ0) is 33.5. The molecule has 5 atom stereocenters. The monoisotopic (exact) mass is 658 g/mol. The number of likely N-dealkylation sites (tertiary alicyclic amines) is 1. The highest BCUT2D eigenvalue weighted by Gasteiger charge is 2.74. The van der Waals surface area contributed by atoms with Crippen molar-refractivity contribution in [3.05, 3.63) is 113 Å². The minimum Gasteiger partial charge on any atom is -0.493 e. The number of ether oxygens (including phenoxy) is 3. The summed E-state index contributed by atoms with van der Waals surface area (Å²) in [5.74, 6) is 1.02. The zero-order valence-corrected chi connectivity index (χ0v) is 27.5. The summed E-state index contributed by atoms with van der Waals surface area (Å²) < 4.78 is 23.9. The average Bonchev–Trinajstić information content (AvgIpc) is 3.84. The van der Waals surface area contributed by atoms with Crippen LogP contribution in [-0.2, 0) is 21.4 Å². The average molecular weight is 659 g/mol. The lowest BCUT2D eigenvalue weighted by Gasteiger charge is -2.64. The molecule has 1 aromatic heterocycles. The van der Waals surface area contributed by atoms with Crippen LogP contribution in [0, 0.1) is 0 Å². The number of rotatable bonds is 6. The Bertz CT molecular complexity index is 1960. The SMILES string of the molecule is COc1ccc2c3c1O[C@H]1[C@H](N(C)C(=O)/C=C/c4ccoc4)CC[C@@]4(O)[C@@H](C2)N(C(=O)OCC2c5ccccc5-c5ccccc52)CC[C@]314. The predicted molar refractivity (Wildman–Crippen MR) is 181 cm³/mol. The van der Waals surface area contributed by atoms with Crippen molar-refractivity contribution in [2.75, 3.05) is 27.3 Å². The van der Waals surface area contributed by atoms with Crippen molar-refractivity contribution >= 4 is 18.1 Å². The van der Waals surface area contributed by atoms with Gasteiger partial charge in [-0.25, -0.2) is 4.79 Å². The first kappa shape index (κ1) is 30.1. The third-order valence-electron chi connectivity index (χ3n) is 12.0. The fourth-order valence-electron chi connectivity index (χ4n) is 9.78. The summed E-state index contributed by atoms with van der Waals surface area (Å²) in [5, 5.41) is 13.0. The fourth-order valence-corrected chi connectivity index (χ4v) is 9.78. The Morgan fingerprint density at radius 1 is 1.04 bits per heavy atom. The molecule has 9 nitrogen and oxygen atoms in total. The number of methoxy groups -OCH3 is 1. The number of amides is 2. The smallest absolute Gasteiger partial charge is 0.410 e. The van der Waals surface area contributed by atoms with Crippen LogP contribution in [0.5, 0.6) is 11.5 Å². The van der Waals surface area contributed by atoms with E-state index in [1.165, 1.54) is 11.1 Å². The third kappa shape index (κ3) is 4.14. The lowest BCUT2D eigenvalue weighted by molar-refractivity contribution is -0.194. The van der Waals surface area contributed by atoms with E-state index in [2.05, 4.69) is 24.3 Å². The Balaban J connectivity index is 1.03. The highest BCUT2D eigenvalue weighted by Crippen LogP contribution is 2.66. The van der Waals surface area contributed by atoms with E-state index in [9.17, 15) is 14.7 Å². The van der Waals surface area contributed by atoms with Gasteiger partial charge in [0.05, 0.1) is 42.7 Å². The van der Waals surface area contributed by atoms with E-state index in [4.69, 9.17) is 18.6 Å². The molecule has 2 aliphatic heterocycles. The van der Waals surface area contributed by atoms with Crippen LogP contribution in [0.25, 0.3) is 17.2 Å². The van der Waals surface area contributed by atoms with Gasteiger partial charge < -0.3 is 33.5 Å². The molecule has 250 valence electrons. The second-order valence-electron chi connectivity index (χ2n) is 14.0. The first-order valence-corrected chi connectivity index (χ1v) is 17.0. The Morgan fingerprint density at radius 2 is 1.80 bits per heavy atom. The van der Waals surface area contributed by atoms with E-state index in [0.717, 1.165) is 27.8 Å². The number of fused-ring (bicyclic) bond motifs is 3. The molecule has 2 bridgehead atoms. The molecule has 1 spiro atoms. The van der Waals surface area contributed by atoms with Crippen LogP contribution in [0.1, 0.15) is 53.0 Å². The van der Waals surface area contributed by atoms with Crippen LogP contribution >= 0.6 is 0 Å². The maximum Gasteiger partial charge on any atom is 0.410 e. The number of hydrogen-bond acceptors (Lipinski definition) is 7. The minimum absolute atomic E-state index is 0.0589. The molecule has 0 radical (unpaired) electrons. The molecule has 3 aliphatic carbocycles. The molecule has 2 amide bonds. The largest absolute Gasteiger partial charge is 0.493 e. The van der Waals surface area contributed by atoms with Gasteiger partial charge in [0.1, 0.15) is 12.7 Å². The van der Waals surface area contributed by atoms with Gasteiger partial charge in [0, 0.05) is 36.7 Å². The number of furan rings is 1. The number of nitrogens with zero attached hydrogens (tertiary/aromatic N) is 2. The number of carbonyl (C=O) groups is 2. The summed E-state index contributed by atoms with van der Waals surface area (Å²) in [4.78, 5) is 31.1. The predicted octanol–water partition coefficient (Wildman–Crippen LogP) is 5.93. The molecule has 3 heterocycles. The number of likely N-dealkylation sites (N-methyl/N-ethyl adjacent to an activating group) is 1. The van der Waals surface area contributed by atoms with Crippen LogP contribution in [0.3, 0.4) is 0 Å². The van der Waals surface area contributed by atoms with Crippen molar-refractivity contribution in [3.63, 3.8) is 0 Å².